The minimum absolute atomic E-state index is 0.126. The second kappa shape index (κ2) is 7.68. The number of piperazine rings is 1. The quantitative estimate of drug-likeness (QED) is 0.627. The van der Waals surface area contributed by atoms with Crippen LogP contribution in [0.3, 0.4) is 0 Å². The lowest BCUT2D eigenvalue weighted by Gasteiger charge is -2.36. The number of nitrogens with one attached hydrogen (secondary N) is 1. The van der Waals surface area contributed by atoms with Crippen molar-refractivity contribution in [3.05, 3.63) is 47.4 Å². The Kier molecular flexibility index (Phi) is 5.37. The Morgan fingerprint density at radius 2 is 1.92 bits per heavy atom. The molecular weight excluding hydrogens is 306 g/mol. The fourth-order valence-corrected chi connectivity index (χ4v) is 3.19. The molecule has 0 radical (unpaired) electrons. The number of amides is 1. The van der Waals surface area contributed by atoms with Crippen molar-refractivity contribution in [2.45, 2.75) is 13.1 Å². The molecule has 1 aromatic carbocycles. The summed E-state index contributed by atoms with van der Waals surface area (Å²) in [7, 11) is 1.65. The normalized spacial score (nSPS) is 16.9. The number of fused-ring (bicyclic) bond motifs is 1. The Bertz CT molecular complexity index is 610. The summed E-state index contributed by atoms with van der Waals surface area (Å²) in [4.78, 5) is 16.9. The zero-order chi connectivity index (χ0) is 16.9. The zero-order valence-corrected chi connectivity index (χ0v) is 14.2. The highest BCUT2D eigenvalue weighted by Crippen LogP contribution is 2.22. The molecule has 130 valence electrons. The molecule has 1 aromatic rings. The number of methoxy groups -OCH3 is 1. The Balaban J connectivity index is 1.56. The molecule has 1 amide bonds. The lowest BCUT2D eigenvalue weighted by atomic mass is 10.0. The summed E-state index contributed by atoms with van der Waals surface area (Å²) in [5.74, 6) is 0.782. The molecule has 24 heavy (non-hydrogen) atoms. The van der Waals surface area contributed by atoms with E-state index in [2.05, 4.69) is 22.9 Å². The van der Waals surface area contributed by atoms with Crippen molar-refractivity contribution in [1.29, 1.82) is 0 Å². The van der Waals surface area contributed by atoms with Gasteiger partial charge in [-0.1, -0.05) is 12.1 Å². The number of carbonyl (C=O) groups excluding carboxylic acids is 1. The van der Waals surface area contributed by atoms with Crippen LogP contribution in [0.1, 0.15) is 21.5 Å². The minimum Gasteiger partial charge on any atom is -0.477 e. The average Bonchev–Trinajstić information content (AvgIpc) is 3.10. The van der Waals surface area contributed by atoms with Gasteiger partial charge in [-0.3, -0.25) is 4.79 Å². The van der Waals surface area contributed by atoms with E-state index in [0.717, 1.165) is 37.3 Å². The van der Waals surface area contributed by atoms with Crippen LogP contribution < -0.4 is 5.32 Å². The van der Waals surface area contributed by atoms with Crippen molar-refractivity contribution in [3.8, 4) is 0 Å². The molecule has 6 nitrogen and oxygen atoms in total. The van der Waals surface area contributed by atoms with Gasteiger partial charge in [0.1, 0.15) is 6.61 Å². The van der Waals surface area contributed by atoms with E-state index in [1.807, 2.05) is 17.0 Å². The Morgan fingerprint density at radius 1 is 1.17 bits per heavy atom. The topological polar surface area (TPSA) is 54.0 Å². The number of hydrogen-bond acceptors (Lipinski definition) is 5. The summed E-state index contributed by atoms with van der Waals surface area (Å²) in [5, 5.41) is 3.31. The molecule has 2 aliphatic rings. The van der Waals surface area contributed by atoms with Gasteiger partial charge in [0.15, 0.2) is 5.88 Å². The van der Waals surface area contributed by atoms with Crippen LogP contribution in [0.25, 0.3) is 0 Å². The molecule has 2 aliphatic heterocycles. The van der Waals surface area contributed by atoms with Crippen LogP contribution in [0, 0.1) is 0 Å². The van der Waals surface area contributed by atoms with Crippen LogP contribution in [0.2, 0.25) is 0 Å². The van der Waals surface area contributed by atoms with Gasteiger partial charge >= 0.3 is 0 Å². The first-order valence-electron chi connectivity index (χ1n) is 8.37. The van der Waals surface area contributed by atoms with E-state index < -0.39 is 0 Å². The van der Waals surface area contributed by atoms with Gasteiger partial charge < -0.3 is 24.6 Å². The highest BCUT2D eigenvalue weighted by atomic mass is 16.5. The van der Waals surface area contributed by atoms with Gasteiger partial charge in [-0.25, -0.2) is 0 Å². The molecule has 1 fully saturated rings. The SMILES string of the molecule is C=C(OCCOC)N1CCN(C(=O)c2cccc3c2CNC3)CC1. The van der Waals surface area contributed by atoms with E-state index in [0.29, 0.717) is 32.2 Å². The van der Waals surface area contributed by atoms with Gasteiger partial charge in [0.2, 0.25) is 0 Å². The average molecular weight is 331 g/mol. The summed E-state index contributed by atoms with van der Waals surface area (Å²) >= 11 is 0. The molecule has 1 N–H and O–H groups in total. The highest BCUT2D eigenvalue weighted by molar-refractivity contribution is 5.96. The van der Waals surface area contributed by atoms with E-state index in [1.54, 1.807) is 7.11 Å². The van der Waals surface area contributed by atoms with Crippen LogP contribution in [-0.4, -0.2) is 62.2 Å². The van der Waals surface area contributed by atoms with Crippen LogP contribution in [0.4, 0.5) is 0 Å². The number of rotatable bonds is 6. The van der Waals surface area contributed by atoms with Crippen molar-refractivity contribution in [3.63, 3.8) is 0 Å². The molecule has 1 saturated heterocycles. The van der Waals surface area contributed by atoms with Gasteiger partial charge in [0.25, 0.3) is 5.91 Å². The summed E-state index contributed by atoms with van der Waals surface area (Å²) in [5.41, 5.74) is 3.22. The fourth-order valence-electron chi connectivity index (χ4n) is 3.19. The summed E-state index contributed by atoms with van der Waals surface area (Å²) < 4.78 is 10.5. The summed E-state index contributed by atoms with van der Waals surface area (Å²) in [6.45, 7) is 9.48. The van der Waals surface area contributed by atoms with Crippen LogP contribution in [0.15, 0.2) is 30.7 Å². The van der Waals surface area contributed by atoms with E-state index in [9.17, 15) is 4.79 Å². The number of benzene rings is 1. The van der Waals surface area contributed by atoms with E-state index in [4.69, 9.17) is 9.47 Å². The van der Waals surface area contributed by atoms with Gasteiger partial charge in [0, 0.05) is 51.9 Å². The maximum Gasteiger partial charge on any atom is 0.254 e. The van der Waals surface area contributed by atoms with Gasteiger partial charge in [-0.2, -0.15) is 0 Å². The van der Waals surface area contributed by atoms with E-state index >= 15 is 0 Å². The lowest BCUT2D eigenvalue weighted by Crippen LogP contribution is -2.48. The molecule has 0 atom stereocenters. The molecule has 0 unspecified atom stereocenters. The third kappa shape index (κ3) is 3.55. The summed E-state index contributed by atoms with van der Waals surface area (Å²) in [6.07, 6.45) is 0. The molecule has 0 spiro atoms. The van der Waals surface area contributed by atoms with E-state index in [-0.39, 0.29) is 5.91 Å². The third-order valence-corrected chi connectivity index (χ3v) is 4.60. The predicted octanol–water partition coefficient (Wildman–Crippen LogP) is 1.18. The predicted molar refractivity (Wildman–Crippen MR) is 91.4 cm³/mol. The Labute approximate surface area is 143 Å². The second-order valence-electron chi connectivity index (χ2n) is 6.06. The van der Waals surface area contributed by atoms with E-state index in [1.165, 1.54) is 5.56 Å². The molecule has 3 rings (SSSR count). The van der Waals surface area contributed by atoms with Crippen molar-refractivity contribution in [1.82, 2.24) is 15.1 Å². The third-order valence-electron chi connectivity index (χ3n) is 4.60. The minimum atomic E-state index is 0.126. The van der Waals surface area contributed by atoms with Crippen molar-refractivity contribution in [2.75, 3.05) is 46.5 Å². The van der Waals surface area contributed by atoms with Crippen molar-refractivity contribution in [2.24, 2.45) is 0 Å². The molecular formula is C18H25N3O3. The molecule has 0 aliphatic carbocycles. The highest BCUT2D eigenvalue weighted by Gasteiger charge is 2.26. The second-order valence-corrected chi connectivity index (χ2v) is 6.06. The fraction of sp³-hybridized carbons (Fsp3) is 0.500. The molecule has 0 bridgehead atoms. The first kappa shape index (κ1) is 16.8. The first-order chi connectivity index (χ1) is 11.7. The number of carbonyl (C=O) groups is 1. The first-order valence-corrected chi connectivity index (χ1v) is 8.37. The van der Waals surface area contributed by atoms with Gasteiger partial charge in [0.05, 0.1) is 6.61 Å². The van der Waals surface area contributed by atoms with Gasteiger partial charge in [-0.05, 0) is 23.8 Å². The molecule has 0 saturated carbocycles. The number of nitrogens with zero attached hydrogens (tertiary/aromatic N) is 2. The number of hydrogen-bond donors (Lipinski definition) is 1. The van der Waals surface area contributed by atoms with Crippen LogP contribution >= 0.6 is 0 Å². The maximum atomic E-state index is 12.9. The standard InChI is InChI=1S/C18H25N3O3/c1-14(24-11-10-23-2)20-6-8-21(9-7-20)18(22)16-5-3-4-15-12-19-13-17(15)16/h3-5,19H,1,6-13H2,2H3. The van der Waals surface area contributed by atoms with Gasteiger partial charge in [-0.15, -0.1) is 0 Å². The number of ether oxygens (including phenoxy) is 2. The maximum absolute atomic E-state index is 12.9. The summed E-state index contributed by atoms with van der Waals surface area (Å²) in [6, 6.07) is 6.00. The Hall–Kier alpha value is -2.05. The Morgan fingerprint density at radius 3 is 2.67 bits per heavy atom. The largest absolute Gasteiger partial charge is 0.477 e. The molecule has 2 heterocycles. The van der Waals surface area contributed by atoms with Crippen molar-refractivity contribution >= 4 is 5.91 Å². The monoisotopic (exact) mass is 331 g/mol. The molecule has 0 aromatic heterocycles. The van der Waals surface area contributed by atoms with Crippen molar-refractivity contribution < 1.29 is 14.3 Å². The lowest BCUT2D eigenvalue weighted by molar-refractivity contribution is 0.0401. The van der Waals surface area contributed by atoms with Crippen LogP contribution in [0.5, 0.6) is 0 Å². The smallest absolute Gasteiger partial charge is 0.254 e. The van der Waals surface area contributed by atoms with Crippen LogP contribution in [-0.2, 0) is 22.6 Å². The molecule has 6 heteroatoms. The zero-order valence-electron chi connectivity index (χ0n) is 14.2.